The second-order valence-corrected chi connectivity index (χ2v) is 7.08. The zero-order valence-corrected chi connectivity index (χ0v) is 18.0. The minimum atomic E-state index is -0.572. The topological polar surface area (TPSA) is 120 Å². The third-order valence-electron chi connectivity index (χ3n) is 4.55. The maximum Gasteiger partial charge on any atom is 0.271 e. The number of nitrogens with one attached hydrogen (secondary N) is 1. The van der Waals surface area contributed by atoms with Crippen LogP contribution in [0.1, 0.15) is 26.7 Å². The summed E-state index contributed by atoms with van der Waals surface area (Å²) in [5, 5.41) is 13.8. The van der Waals surface area contributed by atoms with Crippen LogP contribution in [0.25, 0.3) is 0 Å². The summed E-state index contributed by atoms with van der Waals surface area (Å²) < 4.78 is 16.7. The fraction of sp³-hybridized carbons (Fsp3) is 0.364. The molecule has 0 unspecified atom stereocenters. The van der Waals surface area contributed by atoms with E-state index in [0.717, 1.165) is 12.8 Å². The first-order valence-electron chi connectivity index (χ1n) is 10.3. The first-order valence-corrected chi connectivity index (χ1v) is 10.3. The van der Waals surface area contributed by atoms with Crippen LogP contribution in [0.5, 0.6) is 17.2 Å². The summed E-state index contributed by atoms with van der Waals surface area (Å²) in [7, 11) is 0. The van der Waals surface area contributed by atoms with E-state index < -0.39 is 16.7 Å². The summed E-state index contributed by atoms with van der Waals surface area (Å²) in [5.41, 5.74) is 0.457. The molecule has 0 bridgehead atoms. The third kappa shape index (κ3) is 5.45. The molecule has 1 N–H and O–H groups in total. The van der Waals surface area contributed by atoms with Gasteiger partial charge in [-0.1, -0.05) is 13.8 Å². The molecule has 10 heteroatoms. The number of fused-ring (bicyclic) bond motifs is 1. The van der Waals surface area contributed by atoms with E-state index in [9.17, 15) is 19.7 Å². The number of benzene rings is 2. The number of ether oxygens (including phenoxy) is 3. The minimum Gasteiger partial charge on any atom is -0.490 e. The van der Waals surface area contributed by atoms with Gasteiger partial charge in [0.1, 0.15) is 12.3 Å². The summed E-state index contributed by atoms with van der Waals surface area (Å²) >= 11 is 0. The van der Waals surface area contributed by atoms with Gasteiger partial charge in [-0.25, -0.2) is 0 Å². The van der Waals surface area contributed by atoms with Crippen molar-refractivity contribution in [3.8, 4) is 17.2 Å². The molecule has 1 aliphatic heterocycles. The number of anilines is 2. The lowest BCUT2D eigenvalue weighted by atomic mass is 10.2. The smallest absolute Gasteiger partial charge is 0.271 e. The van der Waals surface area contributed by atoms with Gasteiger partial charge in [-0.15, -0.1) is 0 Å². The van der Waals surface area contributed by atoms with Crippen LogP contribution in [-0.2, 0) is 9.59 Å². The zero-order valence-electron chi connectivity index (χ0n) is 18.0. The average Bonchev–Trinajstić information content (AvgIpc) is 2.78. The van der Waals surface area contributed by atoms with E-state index >= 15 is 0 Å². The van der Waals surface area contributed by atoms with E-state index in [2.05, 4.69) is 5.32 Å². The van der Waals surface area contributed by atoms with Crippen LogP contribution in [0.2, 0.25) is 0 Å². The summed E-state index contributed by atoms with van der Waals surface area (Å²) in [6.45, 7) is 4.45. The molecule has 1 heterocycles. The molecule has 0 aliphatic carbocycles. The highest BCUT2D eigenvalue weighted by Gasteiger charge is 2.29. The van der Waals surface area contributed by atoms with Crippen LogP contribution < -0.4 is 24.4 Å². The van der Waals surface area contributed by atoms with Crippen LogP contribution >= 0.6 is 0 Å². The van der Waals surface area contributed by atoms with Crippen LogP contribution in [0.4, 0.5) is 17.1 Å². The number of nitro groups is 1. The molecule has 2 aromatic rings. The van der Waals surface area contributed by atoms with Crippen LogP contribution in [0.15, 0.2) is 36.4 Å². The second-order valence-electron chi connectivity index (χ2n) is 7.08. The molecule has 2 aromatic carbocycles. The summed E-state index contributed by atoms with van der Waals surface area (Å²) in [4.78, 5) is 36.7. The fourth-order valence-corrected chi connectivity index (χ4v) is 3.06. The Morgan fingerprint density at radius 3 is 2.53 bits per heavy atom. The van der Waals surface area contributed by atoms with Crippen LogP contribution in [0.3, 0.4) is 0 Å². The zero-order chi connectivity index (χ0) is 23.1. The van der Waals surface area contributed by atoms with Crippen molar-refractivity contribution in [3.05, 3.63) is 46.5 Å². The Morgan fingerprint density at radius 2 is 1.84 bits per heavy atom. The number of rotatable bonds is 10. The average molecular weight is 443 g/mol. The Morgan fingerprint density at radius 1 is 1.12 bits per heavy atom. The van der Waals surface area contributed by atoms with E-state index in [1.165, 1.54) is 23.1 Å². The number of hydrogen-bond donors (Lipinski definition) is 1. The molecule has 1 aliphatic rings. The lowest BCUT2D eigenvalue weighted by Gasteiger charge is -2.28. The first-order chi connectivity index (χ1) is 15.4. The lowest BCUT2D eigenvalue weighted by Crippen LogP contribution is -2.43. The molecule has 0 atom stereocenters. The highest BCUT2D eigenvalue weighted by molar-refractivity contribution is 6.05. The molecular formula is C22H25N3O7. The van der Waals surface area contributed by atoms with Gasteiger partial charge in [0.25, 0.3) is 11.6 Å². The number of carbonyl (C=O) groups excluding carboxylic acids is 2. The molecule has 32 heavy (non-hydrogen) atoms. The molecule has 10 nitrogen and oxygen atoms in total. The second kappa shape index (κ2) is 10.5. The predicted molar refractivity (Wildman–Crippen MR) is 118 cm³/mol. The Bertz CT molecular complexity index is 1010. The fourth-order valence-electron chi connectivity index (χ4n) is 3.06. The number of non-ortho nitro benzene ring substituents is 1. The lowest BCUT2D eigenvalue weighted by molar-refractivity contribution is -0.384. The first kappa shape index (κ1) is 22.9. The van der Waals surface area contributed by atoms with Crippen molar-refractivity contribution >= 4 is 28.9 Å². The van der Waals surface area contributed by atoms with Crippen molar-refractivity contribution in [2.45, 2.75) is 26.7 Å². The Hall–Kier alpha value is -3.82. The number of nitro benzene ring substituents is 1. The van der Waals surface area contributed by atoms with Gasteiger partial charge in [0.05, 0.1) is 23.8 Å². The van der Waals surface area contributed by atoms with E-state index in [1.807, 2.05) is 13.8 Å². The van der Waals surface area contributed by atoms with E-state index in [1.54, 1.807) is 18.2 Å². The molecular weight excluding hydrogens is 418 g/mol. The van der Waals surface area contributed by atoms with Gasteiger partial charge < -0.3 is 19.5 Å². The van der Waals surface area contributed by atoms with Crippen LogP contribution in [-0.4, -0.2) is 43.1 Å². The van der Waals surface area contributed by atoms with Crippen molar-refractivity contribution in [1.82, 2.24) is 0 Å². The summed E-state index contributed by atoms with van der Waals surface area (Å²) in [6.07, 6.45) is 1.66. The van der Waals surface area contributed by atoms with Crippen LogP contribution in [0, 0.1) is 10.1 Å². The van der Waals surface area contributed by atoms with Gasteiger partial charge in [-0.2, -0.15) is 0 Å². The Kier molecular flexibility index (Phi) is 7.48. The van der Waals surface area contributed by atoms with E-state index in [-0.39, 0.29) is 24.5 Å². The highest BCUT2D eigenvalue weighted by atomic mass is 16.6. The third-order valence-corrected chi connectivity index (χ3v) is 4.55. The molecule has 0 saturated heterocycles. The van der Waals surface area contributed by atoms with Gasteiger partial charge in [-0.3, -0.25) is 24.6 Å². The summed E-state index contributed by atoms with van der Waals surface area (Å²) in [6, 6.07) is 8.98. The normalized spacial score (nSPS) is 12.6. The van der Waals surface area contributed by atoms with Crippen molar-refractivity contribution in [2.75, 3.05) is 36.6 Å². The Labute approximate surface area is 185 Å². The number of hydrogen-bond acceptors (Lipinski definition) is 7. The van der Waals surface area contributed by atoms with Gasteiger partial charge in [0.2, 0.25) is 5.91 Å². The Balaban J connectivity index is 1.76. The van der Waals surface area contributed by atoms with Crippen molar-refractivity contribution in [3.63, 3.8) is 0 Å². The van der Waals surface area contributed by atoms with Crippen molar-refractivity contribution in [2.24, 2.45) is 0 Å². The highest BCUT2D eigenvalue weighted by Crippen LogP contribution is 2.35. The minimum absolute atomic E-state index is 0.181. The molecule has 3 rings (SSSR count). The molecule has 2 amide bonds. The maximum atomic E-state index is 12.7. The molecule has 170 valence electrons. The molecule has 0 saturated carbocycles. The number of carbonyl (C=O) groups is 2. The van der Waals surface area contributed by atoms with Gasteiger partial charge in [0, 0.05) is 23.9 Å². The largest absolute Gasteiger partial charge is 0.490 e. The number of amides is 2. The standard InChI is InChI=1S/C22H25N3O7/c1-3-9-30-19-7-5-15(11-20(19)31-10-4-2)23-21(26)13-24-17-12-16(25(28)29)6-8-18(17)32-14-22(24)27/h5-8,11-12H,3-4,9-10,13-14H2,1-2H3,(H,23,26). The van der Waals surface area contributed by atoms with Gasteiger partial charge >= 0.3 is 0 Å². The van der Waals surface area contributed by atoms with E-state index in [0.29, 0.717) is 36.1 Å². The molecule has 0 aromatic heterocycles. The quantitative estimate of drug-likeness (QED) is 0.440. The van der Waals surface area contributed by atoms with Gasteiger partial charge in [0.15, 0.2) is 18.1 Å². The van der Waals surface area contributed by atoms with E-state index in [4.69, 9.17) is 14.2 Å². The van der Waals surface area contributed by atoms with Gasteiger partial charge in [-0.05, 0) is 31.0 Å². The monoisotopic (exact) mass is 443 g/mol. The number of nitrogens with zero attached hydrogens (tertiary/aromatic N) is 2. The van der Waals surface area contributed by atoms with Crippen molar-refractivity contribution in [1.29, 1.82) is 0 Å². The summed E-state index contributed by atoms with van der Waals surface area (Å²) in [5.74, 6) is 0.463. The maximum absolute atomic E-state index is 12.7. The molecule has 0 fully saturated rings. The molecule has 0 radical (unpaired) electrons. The van der Waals surface area contributed by atoms with Crippen molar-refractivity contribution < 1.29 is 28.7 Å². The predicted octanol–water partition coefficient (Wildman–Crippen LogP) is 3.54. The SMILES string of the molecule is CCCOc1ccc(NC(=O)CN2C(=O)COc3ccc([N+](=O)[O-])cc32)cc1OCCC. The molecule has 0 spiro atoms.